The van der Waals surface area contributed by atoms with Crippen LogP contribution in [0.2, 0.25) is 0 Å². The minimum Gasteiger partial charge on any atom is -0.497 e. The zero-order valence-electron chi connectivity index (χ0n) is 21.1. The smallest absolute Gasteiger partial charge is 0.254 e. The number of ether oxygens (including phenoxy) is 1. The maximum atomic E-state index is 13.3. The molecule has 6 rings (SSSR count). The number of methoxy groups -OCH3 is 1. The Labute approximate surface area is 215 Å². The Morgan fingerprint density at radius 1 is 0.946 bits per heavy atom. The van der Waals surface area contributed by atoms with E-state index >= 15 is 0 Å². The average molecular weight is 493 g/mol. The first-order valence-corrected chi connectivity index (χ1v) is 12.4. The molecular formula is C29H28N6O2. The van der Waals surface area contributed by atoms with Crippen molar-refractivity contribution in [2.45, 2.75) is 19.9 Å². The fourth-order valence-electron chi connectivity index (χ4n) is 5.12. The molecule has 2 aromatic heterocycles. The number of hydrogen-bond donors (Lipinski definition) is 0. The normalized spacial score (nSPS) is 15.9. The van der Waals surface area contributed by atoms with Crippen LogP contribution in [0.4, 0.5) is 5.95 Å². The summed E-state index contributed by atoms with van der Waals surface area (Å²) < 4.78 is 7.30. The Morgan fingerprint density at radius 2 is 1.70 bits per heavy atom. The number of hydrogen-bond acceptors (Lipinski definition) is 6. The Balaban J connectivity index is 1.39. The molecule has 0 bridgehead atoms. The van der Waals surface area contributed by atoms with Crippen LogP contribution in [0, 0.1) is 6.92 Å². The summed E-state index contributed by atoms with van der Waals surface area (Å²) in [7, 11) is 1.62. The molecule has 0 spiro atoms. The Hall–Kier alpha value is -4.46. The number of aryl methyl sites for hydroxylation is 1. The summed E-state index contributed by atoms with van der Waals surface area (Å²) in [5, 5.41) is 10.2. The van der Waals surface area contributed by atoms with Gasteiger partial charge in [-0.15, -0.1) is 10.2 Å². The van der Waals surface area contributed by atoms with E-state index in [1.54, 1.807) is 7.11 Å². The second-order valence-corrected chi connectivity index (χ2v) is 9.45. The van der Waals surface area contributed by atoms with Gasteiger partial charge in [0.1, 0.15) is 5.75 Å². The van der Waals surface area contributed by atoms with E-state index in [-0.39, 0.29) is 11.9 Å². The lowest BCUT2D eigenvalue weighted by Crippen LogP contribution is -2.54. The topological polar surface area (TPSA) is 75.9 Å². The van der Waals surface area contributed by atoms with Crippen molar-refractivity contribution in [1.82, 2.24) is 24.5 Å². The number of benzene rings is 3. The second kappa shape index (κ2) is 9.20. The largest absolute Gasteiger partial charge is 0.497 e. The summed E-state index contributed by atoms with van der Waals surface area (Å²) in [6, 6.07) is 23.5. The highest BCUT2D eigenvalue weighted by Crippen LogP contribution is 2.31. The lowest BCUT2D eigenvalue weighted by molar-refractivity contribution is 0.0673. The summed E-state index contributed by atoms with van der Waals surface area (Å²) in [5.41, 5.74) is 4.46. The van der Waals surface area contributed by atoms with E-state index in [1.165, 1.54) is 0 Å². The van der Waals surface area contributed by atoms with Crippen molar-refractivity contribution in [3.05, 3.63) is 83.9 Å². The van der Waals surface area contributed by atoms with Crippen molar-refractivity contribution in [3.8, 4) is 17.1 Å². The van der Waals surface area contributed by atoms with Crippen molar-refractivity contribution in [3.63, 3.8) is 0 Å². The van der Waals surface area contributed by atoms with Crippen LogP contribution in [0.3, 0.4) is 0 Å². The predicted octanol–water partition coefficient (Wildman–Crippen LogP) is 4.61. The van der Waals surface area contributed by atoms with Gasteiger partial charge in [-0.3, -0.25) is 4.79 Å². The van der Waals surface area contributed by atoms with Gasteiger partial charge in [0.05, 0.1) is 12.6 Å². The van der Waals surface area contributed by atoms with E-state index in [2.05, 4.69) is 45.5 Å². The first-order valence-electron chi connectivity index (χ1n) is 12.4. The van der Waals surface area contributed by atoms with Gasteiger partial charge in [-0.2, -0.15) is 0 Å². The van der Waals surface area contributed by atoms with E-state index in [0.717, 1.165) is 45.2 Å². The molecule has 1 aliphatic rings. The zero-order chi connectivity index (χ0) is 25.5. The molecule has 3 heterocycles. The van der Waals surface area contributed by atoms with Crippen molar-refractivity contribution < 1.29 is 9.53 Å². The average Bonchev–Trinajstić information content (AvgIpc) is 3.38. The molecule has 8 heteroatoms. The molecule has 0 N–H and O–H groups in total. The van der Waals surface area contributed by atoms with E-state index < -0.39 is 0 Å². The third-order valence-corrected chi connectivity index (χ3v) is 7.12. The first-order chi connectivity index (χ1) is 18.0. The molecule has 1 saturated heterocycles. The Kier molecular flexibility index (Phi) is 5.71. The molecule has 8 nitrogen and oxygen atoms in total. The lowest BCUT2D eigenvalue weighted by Gasteiger charge is -2.40. The van der Waals surface area contributed by atoms with Gasteiger partial charge in [0, 0.05) is 42.2 Å². The fourth-order valence-corrected chi connectivity index (χ4v) is 5.12. The molecule has 1 atom stereocenters. The third kappa shape index (κ3) is 3.94. The minimum atomic E-state index is -0.00920. The molecule has 3 aromatic carbocycles. The fraction of sp³-hybridized carbons (Fsp3) is 0.241. The van der Waals surface area contributed by atoms with Crippen LogP contribution in [0.5, 0.6) is 5.75 Å². The summed E-state index contributed by atoms with van der Waals surface area (Å²) in [6.45, 7) is 6.05. The number of piperazine rings is 1. The van der Waals surface area contributed by atoms with Crippen LogP contribution in [0.1, 0.15) is 22.8 Å². The lowest BCUT2D eigenvalue weighted by atomic mass is 10.1. The van der Waals surface area contributed by atoms with Crippen LogP contribution in [0.15, 0.2) is 72.8 Å². The van der Waals surface area contributed by atoms with Crippen LogP contribution < -0.4 is 9.64 Å². The number of fused-ring (bicyclic) bond motifs is 3. The minimum absolute atomic E-state index is 0.00920. The quantitative estimate of drug-likeness (QED) is 0.365. The van der Waals surface area contributed by atoms with Gasteiger partial charge in [0.15, 0.2) is 11.5 Å². The number of aromatic nitrogens is 4. The van der Waals surface area contributed by atoms with Gasteiger partial charge in [-0.25, -0.2) is 9.38 Å². The molecular weight excluding hydrogens is 464 g/mol. The second-order valence-electron chi connectivity index (χ2n) is 9.45. The first kappa shape index (κ1) is 23.0. The molecule has 0 radical (unpaired) electrons. The molecule has 1 aliphatic heterocycles. The van der Waals surface area contributed by atoms with Gasteiger partial charge in [-0.05, 0) is 55.8 Å². The van der Waals surface area contributed by atoms with Crippen LogP contribution in [-0.2, 0) is 0 Å². The van der Waals surface area contributed by atoms with Gasteiger partial charge in [0.25, 0.3) is 5.91 Å². The molecule has 0 saturated carbocycles. The molecule has 37 heavy (non-hydrogen) atoms. The number of rotatable bonds is 4. The monoisotopic (exact) mass is 492 g/mol. The molecule has 1 fully saturated rings. The Bertz CT molecular complexity index is 1610. The highest BCUT2D eigenvalue weighted by molar-refractivity contribution is 5.95. The summed E-state index contributed by atoms with van der Waals surface area (Å²) in [6.07, 6.45) is 0. The number of amides is 1. The highest BCUT2D eigenvalue weighted by Gasteiger charge is 2.31. The predicted molar refractivity (Wildman–Crippen MR) is 144 cm³/mol. The molecule has 0 unspecified atom stereocenters. The Morgan fingerprint density at radius 3 is 2.46 bits per heavy atom. The molecule has 186 valence electrons. The van der Waals surface area contributed by atoms with Crippen molar-refractivity contribution in [1.29, 1.82) is 0 Å². The standard InChI is InChI=1S/C29H28N6O2/c1-19-8-4-5-9-23(19)26-31-32-27-24-10-6-7-11-25(24)30-29(35(26)27)33-16-17-34(20(2)18-33)28(36)21-12-14-22(37-3)15-13-21/h4-15,20H,16-18H2,1-3H3/t20-/m1/s1. The SMILES string of the molecule is COc1ccc(C(=O)N2CCN(c3nc4ccccc4c4nnc(-c5ccccc5C)n34)C[C@H]2C)cc1. The maximum absolute atomic E-state index is 13.3. The number of nitrogens with zero attached hydrogens (tertiary/aromatic N) is 6. The number of anilines is 1. The molecule has 0 aliphatic carbocycles. The summed E-state index contributed by atoms with van der Waals surface area (Å²) in [5.74, 6) is 2.32. The third-order valence-electron chi connectivity index (χ3n) is 7.12. The van der Waals surface area contributed by atoms with Gasteiger partial charge in [0.2, 0.25) is 5.95 Å². The van der Waals surface area contributed by atoms with Crippen molar-refractivity contribution >= 4 is 28.4 Å². The molecule has 5 aromatic rings. The summed E-state index contributed by atoms with van der Waals surface area (Å²) in [4.78, 5) is 22.6. The van der Waals surface area contributed by atoms with Crippen LogP contribution >= 0.6 is 0 Å². The van der Waals surface area contributed by atoms with Gasteiger partial charge in [-0.1, -0.05) is 36.4 Å². The number of carbonyl (C=O) groups is 1. The van der Waals surface area contributed by atoms with Gasteiger partial charge >= 0.3 is 0 Å². The zero-order valence-corrected chi connectivity index (χ0v) is 21.1. The van der Waals surface area contributed by atoms with E-state index in [4.69, 9.17) is 9.72 Å². The van der Waals surface area contributed by atoms with Crippen LogP contribution in [0.25, 0.3) is 27.9 Å². The summed E-state index contributed by atoms with van der Waals surface area (Å²) >= 11 is 0. The highest BCUT2D eigenvalue weighted by atomic mass is 16.5. The molecule has 1 amide bonds. The van der Waals surface area contributed by atoms with Crippen LogP contribution in [-0.4, -0.2) is 63.2 Å². The van der Waals surface area contributed by atoms with E-state index in [1.807, 2.05) is 65.6 Å². The van der Waals surface area contributed by atoms with E-state index in [0.29, 0.717) is 25.2 Å². The number of carbonyl (C=O) groups excluding carboxylic acids is 1. The van der Waals surface area contributed by atoms with Crippen molar-refractivity contribution in [2.24, 2.45) is 0 Å². The number of para-hydroxylation sites is 1. The van der Waals surface area contributed by atoms with Gasteiger partial charge < -0.3 is 14.5 Å². The maximum Gasteiger partial charge on any atom is 0.254 e. The van der Waals surface area contributed by atoms with E-state index in [9.17, 15) is 4.79 Å². The van der Waals surface area contributed by atoms with Crippen molar-refractivity contribution in [2.75, 3.05) is 31.6 Å².